The molecular formula is C7H13N5S2. The van der Waals surface area contributed by atoms with Gasteiger partial charge in [0.2, 0.25) is 5.16 Å². The van der Waals surface area contributed by atoms with E-state index in [1.54, 1.807) is 12.4 Å². The van der Waals surface area contributed by atoms with Crippen molar-refractivity contribution in [2.75, 3.05) is 19.1 Å². The molecule has 1 aromatic heterocycles. The minimum Gasteiger partial charge on any atom is -0.325 e. The first-order valence-electron chi connectivity index (χ1n) is 3.73. The predicted molar refractivity (Wildman–Crippen MR) is 61.9 cm³/mol. The van der Waals surface area contributed by atoms with E-state index < -0.39 is 0 Å². The molecule has 0 aliphatic heterocycles. The van der Waals surface area contributed by atoms with Crippen LogP contribution in [0.1, 0.15) is 0 Å². The summed E-state index contributed by atoms with van der Waals surface area (Å²) in [7, 11) is 0. The highest BCUT2D eigenvalue weighted by molar-refractivity contribution is 8.13. The molecule has 1 rings (SSSR count). The molecule has 0 spiro atoms. The van der Waals surface area contributed by atoms with Gasteiger partial charge in [-0.3, -0.25) is 5.41 Å². The Kier molecular flexibility index (Phi) is 8.50. The Morgan fingerprint density at radius 3 is 2.43 bits per heavy atom. The number of aromatic nitrogens is 3. The second-order valence-corrected chi connectivity index (χ2v) is 3.64. The fourth-order valence-corrected chi connectivity index (χ4v) is 0.874. The summed E-state index contributed by atoms with van der Waals surface area (Å²) in [4.78, 5) is 3.89. The van der Waals surface area contributed by atoms with Crippen molar-refractivity contribution in [1.82, 2.24) is 15.2 Å². The number of nitrogens with zero attached hydrogens (tertiary/aromatic N) is 3. The quantitative estimate of drug-likeness (QED) is 0.446. The van der Waals surface area contributed by atoms with Crippen LogP contribution in [0.25, 0.3) is 0 Å². The molecule has 78 valence electrons. The van der Waals surface area contributed by atoms with Crippen LogP contribution in [0, 0.1) is 5.41 Å². The maximum Gasteiger partial charge on any atom is 0.208 e. The van der Waals surface area contributed by atoms with Crippen molar-refractivity contribution in [2.45, 2.75) is 5.16 Å². The van der Waals surface area contributed by atoms with E-state index in [1.807, 2.05) is 12.5 Å². The Balaban J connectivity index is 0.000000255. The van der Waals surface area contributed by atoms with Gasteiger partial charge < -0.3 is 5.73 Å². The van der Waals surface area contributed by atoms with Crippen LogP contribution >= 0.6 is 23.5 Å². The molecule has 0 aliphatic rings. The third kappa shape index (κ3) is 6.81. The SMILES string of the molecule is CSC(=N)CN.CSc1nccnn1. The normalized spacial score (nSPS) is 8.79. The van der Waals surface area contributed by atoms with E-state index in [-0.39, 0.29) is 0 Å². The van der Waals surface area contributed by atoms with Crippen molar-refractivity contribution in [1.29, 1.82) is 5.41 Å². The van der Waals surface area contributed by atoms with Crippen molar-refractivity contribution >= 4 is 28.6 Å². The van der Waals surface area contributed by atoms with Crippen LogP contribution < -0.4 is 5.73 Å². The van der Waals surface area contributed by atoms with Gasteiger partial charge in [0.05, 0.1) is 17.4 Å². The molecule has 0 aromatic carbocycles. The first-order valence-corrected chi connectivity index (χ1v) is 6.18. The smallest absolute Gasteiger partial charge is 0.208 e. The molecule has 0 atom stereocenters. The lowest BCUT2D eigenvalue weighted by atomic mass is 10.8. The molecule has 1 aromatic rings. The molecule has 0 fully saturated rings. The van der Waals surface area contributed by atoms with Crippen molar-refractivity contribution < 1.29 is 0 Å². The van der Waals surface area contributed by atoms with E-state index in [1.165, 1.54) is 23.5 Å². The van der Waals surface area contributed by atoms with Crippen molar-refractivity contribution in [2.24, 2.45) is 5.73 Å². The number of rotatable bonds is 2. The fourth-order valence-electron chi connectivity index (χ4n) is 0.412. The highest BCUT2D eigenvalue weighted by Gasteiger charge is 1.85. The van der Waals surface area contributed by atoms with E-state index in [2.05, 4.69) is 15.2 Å². The Morgan fingerprint density at radius 2 is 2.21 bits per heavy atom. The molecule has 1 heterocycles. The summed E-state index contributed by atoms with van der Waals surface area (Å²) in [6.07, 6.45) is 6.94. The molecule has 0 saturated heterocycles. The highest BCUT2D eigenvalue weighted by Crippen LogP contribution is 2.01. The van der Waals surface area contributed by atoms with Crippen LogP contribution in [0.4, 0.5) is 0 Å². The predicted octanol–water partition coefficient (Wildman–Crippen LogP) is 0.879. The molecule has 0 saturated carbocycles. The topological polar surface area (TPSA) is 88.5 Å². The van der Waals surface area contributed by atoms with Gasteiger partial charge in [-0.1, -0.05) is 11.8 Å². The Hall–Kier alpha value is -0.660. The third-order valence-electron chi connectivity index (χ3n) is 1.08. The van der Waals surface area contributed by atoms with Gasteiger partial charge in [0.15, 0.2) is 0 Å². The Bertz CT molecular complexity index is 248. The zero-order valence-electron chi connectivity index (χ0n) is 8.10. The van der Waals surface area contributed by atoms with Gasteiger partial charge >= 0.3 is 0 Å². The molecule has 3 N–H and O–H groups in total. The van der Waals surface area contributed by atoms with Crippen molar-refractivity contribution in [3.05, 3.63) is 12.4 Å². The van der Waals surface area contributed by atoms with E-state index in [0.717, 1.165) is 0 Å². The standard InChI is InChI=1S/C4H5N3S.C3H8N2S/c1-8-4-5-2-3-6-7-4;1-6-3(5)2-4/h2-3H,1H3;5H,2,4H2,1H3. The first-order chi connectivity index (χ1) is 6.74. The average molecular weight is 231 g/mol. The lowest BCUT2D eigenvalue weighted by Gasteiger charge is -1.86. The fraction of sp³-hybridized carbons (Fsp3) is 0.429. The van der Waals surface area contributed by atoms with Gasteiger partial charge in [0.25, 0.3) is 0 Å². The Morgan fingerprint density at radius 1 is 1.50 bits per heavy atom. The van der Waals surface area contributed by atoms with Gasteiger partial charge in [-0.15, -0.1) is 16.9 Å². The van der Waals surface area contributed by atoms with Gasteiger partial charge in [-0.2, -0.15) is 5.10 Å². The molecule has 7 heteroatoms. The summed E-state index contributed by atoms with van der Waals surface area (Å²) >= 11 is 2.87. The lowest BCUT2D eigenvalue weighted by molar-refractivity contribution is 0.840. The average Bonchev–Trinajstić information content (AvgIpc) is 2.30. The summed E-state index contributed by atoms with van der Waals surface area (Å²) in [5.74, 6) is 0. The zero-order chi connectivity index (χ0) is 10.8. The second-order valence-electron chi connectivity index (χ2n) is 1.96. The van der Waals surface area contributed by atoms with Crippen LogP contribution in [0.15, 0.2) is 17.6 Å². The molecule has 0 radical (unpaired) electrons. The molecule has 0 amide bonds. The Labute approximate surface area is 91.8 Å². The van der Waals surface area contributed by atoms with E-state index in [0.29, 0.717) is 16.7 Å². The van der Waals surface area contributed by atoms with Gasteiger partial charge in [0, 0.05) is 6.54 Å². The van der Waals surface area contributed by atoms with Crippen molar-refractivity contribution in [3.63, 3.8) is 0 Å². The molecule has 5 nitrogen and oxygen atoms in total. The largest absolute Gasteiger partial charge is 0.325 e. The van der Waals surface area contributed by atoms with Crippen LogP contribution in [0.3, 0.4) is 0 Å². The molecule has 0 unspecified atom stereocenters. The zero-order valence-corrected chi connectivity index (χ0v) is 9.73. The number of hydrogen-bond donors (Lipinski definition) is 2. The monoisotopic (exact) mass is 231 g/mol. The van der Waals surface area contributed by atoms with Gasteiger partial charge in [-0.05, 0) is 12.5 Å². The molecular weight excluding hydrogens is 218 g/mol. The molecule has 0 aliphatic carbocycles. The minimum atomic E-state index is 0.376. The van der Waals surface area contributed by atoms with Crippen LogP contribution in [0.5, 0.6) is 0 Å². The summed E-state index contributed by atoms with van der Waals surface area (Å²) in [5, 5.41) is 15.4. The second kappa shape index (κ2) is 8.92. The van der Waals surface area contributed by atoms with Gasteiger partial charge in [-0.25, -0.2) is 4.98 Å². The van der Waals surface area contributed by atoms with Gasteiger partial charge in [0.1, 0.15) is 0 Å². The minimum absolute atomic E-state index is 0.376. The maximum atomic E-state index is 6.82. The molecule has 14 heavy (non-hydrogen) atoms. The third-order valence-corrected chi connectivity index (χ3v) is 2.29. The number of nitrogens with one attached hydrogen (secondary N) is 1. The van der Waals surface area contributed by atoms with E-state index >= 15 is 0 Å². The summed E-state index contributed by atoms with van der Waals surface area (Å²) in [6, 6.07) is 0. The summed E-state index contributed by atoms with van der Waals surface area (Å²) in [6.45, 7) is 0.376. The maximum absolute atomic E-state index is 6.82. The van der Waals surface area contributed by atoms with Crippen LogP contribution in [0.2, 0.25) is 0 Å². The van der Waals surface area contributed by atoms with Crippen LogP contribution in [-0.2, 0) is 0 Å². The molecule has 0 bridgehead atoms. The van der Waals surface area contributed by atoms with E-state index in [4.69, 9.17) is 11.1 Å². The van der Waals surface area contributed by atoms with E-state index in [9.17, 15) is 0 Å². The highest BCUT2D eigenvalue weighted by atomic mass is 32.2. The van der Waals surface area contributed by atoms with Crippen LogP contribution in [-0.4, -0.2) is 39.3 Å². The number of thioether (sulfide) groups is 2. The summed E-state index contributed by atoms with van der Waals surface area (Å²) in [5.41, 5.74) is 5.04. The number of nitrogens with two attached hydrogens (primary N) is 1. The first kappa shape index (κ1) is 13.3. The summed E-state index contributed by atoms with van der Waals surface area (Å²) < 4.78 is 0. The van der Waals surface area contributed by atoms with Crippen molar-refractivity contribution in [3.8, 4) is 0 Å². The number of hydrogen-bond acceptors (Lipinski definition) is 7. The lowest BCUT2D eigenvalue weighted by Crippen LogP contribution is -2.07.